The molecule has 204 valence electrons. The van der Waals surface area contributed by atoms with Gasteiger partial charge in [0.2, 0.25) is 0 Å². The van der Waals surface area contributed by atoms with Gasteiger partial charge in [0.05, 0.1) is 0 Å². The Bertz CT molecular complexity index is 916. The number of rotatable bonds is 16. The maximum Gasteiger partial charge on any atom is 0.131 e. The van der Waals surface area contributed by atoms with Crippen molar-refractivity contribution in [2.45, 2.75) is 143 Å². The highest BCUT2D eigenvalue weighted by Crippen LogP contribution is 2.43. The predicted molar refractivity (Wildman–Crippen MR) is 155 cm³/mol. The van der Waals surface area contributed by atoms with Gasteiger partial charge in [-0.2, -0.15) is 0 Å². The molecule has 0 aromatic heterocycles. The summed E-state index contributed by atoms with van der Waals surface area (Å²) in [6, 6.07) is 8.57. The fourth-order valence-corrected chi connectivity index (χ4v) is 6.08. The maximum absolute atomic E-state index is 6.84. The monoisotopic (exact) mass is 506 g/mol. The average molecular weight is 507 g/mol. The molecule has 2 heterocycles. The van der Waals surface area contributed by atoms with Crippen molar-refractivity contribution in [3.63, 3.8) is 0 Å². The molecule has 4 rings (SSSR count). The van der Waals surface area contributed by atoms with E-state index < -0.39 is 0 Å². The molecule has 2 aliphatic heterocycles. The van der Waals surface area contributed by atoms with Gasteiger partial charge < -0.3 is 14.2 Å². The Balaban J connectivity index is 1.53. The van der Waals surface area contributed by atoms with Crippen LogP contribution in [0.25, 0.3) is 0 Å². The highest BCUT2D eigenvalue weighted by Gasteiger charge is 2.27. The molecule has 0 aliphatic carbocycles. The van der Waals surface area contributed by atoms with Crippen LogP contribution < -0.4 is 14.2 Å². The Morgan fingerprint density at radius 1 is 0.595 bits per heavy atom. The SMILES string of the molecule is CCCCCCCCc1c(Oc2ccc3c(c2CCCCCCCC)CC(C)O3)ccc2c1CC(C)O2. The first-order valence-electron chi connectivity index (χ1n) is 15.4. The molecule has 0 radical (unpaired) electrons. The Kier molecular flexibility index (Phi) is 10.6. The second-order valence-electron chi connectivity index (χ2n) is 11.4. The minimum atomic E-state index is 0.246. The molecule has 2 atom stereocenters. The number of fused-ring (bicyclic) bond motifs is 2. The largest absolute Gasteiger partial charge is 0.490 e. The van der Waals surface area contributed by atoms with E-state index in [0.717, 1.165) is 48.7 Å². The zero-order valence-corrected chi connectivity index (χ0v) is 24.0. The van der Waals surface area contributed by atoms with E-state index in [1.807, 2.05) is 0 Å². The molecular formula is C34H50O3. The maximum atomic E-state index is 6.84. The summed E-state index contributed by atoms with van der Waals surface area (Å²) in [5.74, 6) is 4.18. The van der Waals surface area contributed by atoms with Crippen molar-refractivity contribution in [2.75, 3.05) is 0 Å². The minimum Gasteiger partial charge on any atom is -0.490 e. The van der Waals surface area contributed by atoms with Crippen molar-refractivity contribution in [3.05, 3.63) is 46.5 Å². The van der Waals surface area contributed by atoms with Crippen LogP contribution >= 0.6 is 0 Å². The first kappa shape index (κ1) is 27.9. The number of benzene rings is 2. The smallest absolute Gasteiger partial charge is 0.131 e. The van der Waals surface area contributed by atoms with Crippen molar-refractivity contribution < 1.29 is 14.2 Å². The van der Waals surface area contributed by atoms with Gasteiger partial charge in [-0.25, -0.2) is 0 Å². The van der Waals surface area contributed by atoms with Crippen LogP contribution in [0.15, 0.2) is 24.3 Å². The highest BCUT2D eigenvalue weighted by molar-refractivity contribution is 5.56. The summed E-state index contributed by atoms with van der Waals surface area (Å²) >= 11 is 0. The van der Waals surface area contributed by atoms with Gasteiger partial charge in [0.1, 0.15) is 35.2 Å². The van der Waals surface area contributed by atoms with Gasteiger partial charge >= 0.3 is 0 Å². The van der Waals surface area contributed by atoms with Crippen molar-refractivity contribution in [2.24, 2.45) is 0 Å². The molecule has 0 saturated heterocycles. The standard InChI is InChI=1S/C34H50O3/c1-5-7-9-11-13-15-17-27-29-23-25(3)35-33(29)21-19-31(27)37-32-20-22-34-30(24-26(4)36-34)28(32)18-16-14-12-10-8-6-2/h19-22,25-26H,5-18,23-24H2,1-4H3. The summed E-state index contributed by atoms with van der Waals surface area (Å²) in [6.45, 7) is 8.92. The van der Waals surface area contributed by atoms with E-state index in [1.54, 1.807) is 0 Å². The number of ether oxygens (including phenoxy) is 3. The van der Waals surface area contributed by atoms with E-state index in [4.69, 9.17) is 14.2 Å². The van der Waals surface area contributed by atoms with Gasteiger partial charge in [-0.05, 0) is 63.8 Å². The molecule has 0 N–H and O–H groups in total. The van der Waals surface area contributed by atoms with E-state index in [2.05, 4.69) is 52.0 Å². The number of hydrogen-bond acceptors (Lipinski definition) is 3. The molecule has 2 aromatic carbocycles. The van der Waals surface area contributed by atoms with E-state index in [9.17, 15) is 0 Å². The van der Waals surface area contributed by atoms with Gasteiger partial charge in [-0.3, -0.25) is 0 Å². The second-order valence-corrected chi connectivity index (χ2v) is 11.4. The van der Waals surface area contributed by atoms with Crippen LogP contribution in [-0.4, -0.2) is 12.2 Å². The highest BCUT2D eigenvalue weighted by atomic mass is 16.5. The molecule has 0 fully saturated rings. The van der Waals surface area contributed by atoms with Crippen molar-refractivity contribution in [1.82, 2.24) is 0 Å². The van der Waals surface area contributed by atoms with Crippen molar-refractivity contribution in [3.8, 4) is 23.0 Å². The number of unbranched alkanes of at least 4 members (excludes halogenated alkanes) is 10. The third kappa shape index (κ3) is 7.45. The Morgan fingerprint density at radius 3 is 1.43 bits per heavy atom. The van der Waals surface area contributed by atoms with E-state index >= 15 is 0 Å². The first-order chi connectivity index (χ1) is 18.1. The molecule has 0 bridgehead atoms. The fraction of sp³-hybridized carbons (Fsp3) is 0.647. The van der Waals surface area contributed by atoms with Crippen LogP contribution in [0, 0.1) is 0 Å². The van der Waals surface area contributed by atoms with E-state index in [-0.39, 0.29) is 12.2 Å². The van der Waals surface area contributed by atoms with Gasteiger partial charge in [-0.15, -0.1) is 0 Å². The van der Waals surface area contributed by atoms with Crippen LogP contribution in [-0.2, 0) is 25.7 Å². The van der Waals surface area contributed by atoms with Gasteiger partial charge in [-0.1, -0.05) is 78.1 Å². The molecule has 0 spiro atoms. The lowest BCUT2D eigenvalue weighted by Crippen LogP contribution is -2.06. The summed E-state index contributed by atoms with van der Waals surface area (Å²) in [7, 11) is 0. The first-order valence-corrected chi connectivity index (χ1v) is 15.4. The van der Waals surface area contributed by atoms with Crippen molar-refractivity contribution >= 4 is 0 Å². The second kappa shape index (κ2) is 14.1. The third-order valence-electron chi connectivity index (χ3n) is 8.11. The molecule has 2 aromatic rings. The molecule has 2 unspecified atom stereocenters. The summed E-state index contributed by atoms with van der Waals surface area (Å²) in [5.41, 5.74) is 5.48. The van der Waals surface area contributed by atoms with Gasteiger partial charge in [0, 0.05) is 35.1 Å². The van der Waals surface area contributed by atoms with Gasteiger partial charge in [0.25, 0.3) is 0 Å². The molecule has 3 heteroatoms. The average Bonchev–Trinajstić information content (AvgIpc) is 3.46. The van der Waals surface area contributed by atoms with E-state index in [0.29, 0.717) is 0 Å². The van der Waals surface area contributed by atoms with Crippen LogP contribution in [0.4, 0.5) is 0 Å². The van der Waals surface area contributed by atoms with Crippen LogP contribution in [0.1, 0.15) is 127 Å². The molecule has 37 heavy (non-hydrogen) atoms. The Labute approximate surface area is 226 Å². The zero-order valence-electron chi connectivity index (χ0n) is 24.0. The molecule has 3 nitrogen and oxygen atoms in total. The van der Waals surface area contributed by atoms with Crippen LogP contribution in [0.3, 0.4) is 0 Å². The Hall–Kier alpha value is -2.16. The predicted octanol–water partition coefficient (Wildman–Crippen LogP) is 9.93. The van der Waals surface area contributed by atoms with Crippen molar-refractivity contribution in [1.29, 1.82) is 0 Å². The Morgan fingerprint density at radius 2 is 1.00 bits per heavy atom. The van der Waals surface area contributed by atoms with Crippen LogP contribution in [0.2, 0.25) is 0 Å². The molecule has 0 saturated carbocycles. The summed E-state index contributed by atoms with van der Waals surface area (Å²) in [5, 5.41) is 0. The lowest BCUT2D eigenvalue weighted by atomic mass is 9.95. The third-order valence-corrected chi connectivity index (χ3v) is 8.11. The summed E-state index contributed by atoms with van der Waals surface area (Å²) in [4.78, 5) is 0. The quantitative estimate of drug-likeness (QED) is 0.212. The molecule has 2 aliphatic rings. The topological polar surface area (TPSA) is 27.7 Å². The van der Waals surface area contributed by atoms with Crippen LogP contribution in [0.5, 0.6) is 23.0 Å². The van der Waals surface area contributed by atoms with Gasteiger partial charge in [0.15, 0.2) is 0 Å². The summed E-state index contributed by atoms with van der Waals surface area (Å²) in [6.07, 6.45) is 20.3. The lowest BCUT2D eigenvalue weighted by molar-refractivity contribution is 0.254. The minimum absolute atomic E-state index is 0.246. The molecule has 0 amide bonds. The summed E-state index contributed by atoms with van der Waals surface area (Å²) < 4.78 is 19.1. The zero-order chi connectivity index (χ0) is 26.0. The van der Waals surface area contributed by atoms with E-state index in [1.165, 1.54) is 99.3 Å². The fourth-order valence-electron chi connectivity index (χ4n) is 6.08. The molecular weight excluding hydrogens is 456 g/mol. The lowest BCUT2D eigenvalue weighted by Gasteiger charge is -2.18. The number of hydrogen-bond donors (Lipinski definition) is 0. The normalized spacial score (nSPS) is 17.8.